The smallest absolute Gasteiger partial charge is 0.279 e. The van der Waals surface area contributed by atoms with Crippen LogP contribution in [0.3, 0.4) is 0 Å². The fourth-order valence-corrected chi connectivity index (χ4v) is 3.49. The standard InChI is InChI=1S/C20H25N3O5S/c1-5-21-29(26,27)17-11-9-16(10-12-17)20(25)23-22-19(24)15(4)28-18-8-6-7-13(2)14(18)3/h6-12,15,21H,5H2,1-4H3,(H,22,24)(H,23,25)/t15-/m0/s1. The largest absolute Gasteiger partial charge is 0.481 e. The summed E-state index contributed by atoms with van der Waals surface area (Å²) < 4.78 is 31.9. The molecule has 0 saturated heterocycles. The highest BCUT2D eigenvalue weighted by molar-refractivity contribution is 7.89. The highest BCUT2D eigenvalue weighted by Gasteiger charge is 2.18. The zero-order valence-electron chi connectivity index (χ0n) is 16.8. The van der Waals surface area contributed by atoms with E-state index in [4.69, 9.17) is 4.74 Å². The van der Waals surface area contributed by atoms with E-state index >= 15 is 0 Å². The molecule has 2 rings (SSSR count). The van der Waals surface area contributed by atoms with Gasteiger partial charge in [-0.05, 0) is 62.2 Å². The second kappa shape index (κ2) is 9.53. The van der Waals surface area contributed by atoms with Crippen LogP contribution in [0.2, 0.25) is 0 Å². The molecule has 0 heterocycles. The van der Waals surface area contributed by atoms with Crippen LogP contribution in [0, 0.1) is 13.8 Å². The fraction of sp³-hybridized carbons (Fsp3) is 0.300. The zero-order chi connectivity index (χ0) is 21.6. The second-order valence-corrected chi connectivity index (χ2v) is 8.19. The number of ether oxygens (including phenoxy) is 1. The maximum atomic E-state index is 12.2. The van der Waals surface area contributed by atoms with Crippen LogP contribution in [0.1, 0.15) is 35.3 Å². The molecule has 29 heavy (non-hydrogen) atoms. The van der Waals surface area contributed by atoms with Crippen molar-refractivity contribution >= 4 is 21.8 Å². The van der Waals surface area contributed by atoms with Crippen molar-refractivity contribution in [2.75, 3.05) is 6.54 Å². The molecule has 0 fully saturated rings. The van der Waals surface area contributed by atoms with Crippen molar-refractivity contribution in [3.05, 3.63) is 59.2 Å². The molecule has 156 valence electrons. The van der Waals surface area contributed by atoms with E-state index in [2.05, 4.69) is 15.6 Å². The Labute approximate surface area is 170 Å². The number of hydrogen-bond acceptors (Lipinski definition) is 5. The predicted molar refractivity (Wildman–Crippen MR) is 109 cm³/mol. The van der Waals surface area contributed by atoms with Gasteiger partial charge < -0.3 is 4.74 Å². The summed E-state index contributed by atoms with van der Waals surface area (Å²) in [6.45, 7) is 7.36. The Kier molecular flexibility index (Phi) is 7.35. The van der Waals surface area contributed by atoms with Crippen molar-refractivity contribution in [3.63, 3.8) is 0 Å². The van der Waals surface area contributed by atoms with Crippen LogP contribution in [0.5, 0.6) is 5.75 Å². The zero-order valence-corrected chi connectivity index (χ0v) is 17.6. The van der Waals surface area contributed by atoms with Crippen molar-refractivity contribution in [2.24, 2.45) is 0 Å². The first-order chi connectivity index (χ1) is 13.7. The summed E-state index contributed by atoms with van der Waals surface area (Å²) in [7, 11) is -3.59. The van der Waals surface area contributed by atoms with E-state index in [1.165, 1.54) is 24.3 Å². The summed E-state index contributed by atoms with van der Waals surface area (Å²) in [5, 5.41) is 0. The lowest BCUT2D eigenvalue weighted by atomic mass is 10.1. The van der Waals surface area contributed by atoms with Crippen LogP contribution in [0.15, 0.2) is 47.4 Å². The van der Waals surface area contributed by atoms with E-state index in [9.17, 15) is 18.0 Å². The molecular weight excluding hydrogens is 394 g/mol. The highest BCUT2D eigenvalue weighted by Crippen LogP contribution is 2.21. The molecule has 2 amide bonds. The molecule has 0 aliphatic rings. The first-order valence-electron chi connectivity index (χ1n) is 9.08. The van der Waals surface area contributed by atoms with Gasteiger partial charge in [-0.15, -0.1) is 0 Å². The molecule has 8 nitrogen and oxygen atoms in total. The van der Waals surface area contributed by atoms with Crippen LogP contribution in [-0.2, 0) is 14.8 Å². The fourth-order valence-electron chi connectivity index (χ4n) is 2.45. The number of aryl methyl sites for hydroxylation is 1. The number of benzene rings is 2. The first kappa shape index (κ1) is 22.4. The average molecular weight is 420 g/mol. The van der Waals surface area contributed by atoms with Crippen molar-refractivity contribution in [3.8, 4) is 5.75 Å². The lowest BCUT2D eigenvalue weighted by molar-refractivity contribution is -0.128. The Morgan fingerprint density at radius 1 is 1.03 bits per heavy atom. The van der Waals surface area contributed by atoms with Crippen molar-refractivity contribution < 1.29 is 22.7 Å². The molecule has 2 aromatic carbocycles. The van der Waals surface area contributed by atoms with Gasteiger partial charge in [-0.1, -0.05) is 19.1 Å². The Bertz CT molecular complexity index is 988. The van der Waals surface area contributed by atoms with Crippen LogP contribution < -0.4 is 20.3 Å². The van der Waals surface area contributed by atoms with Gasteiger partial charge in [-0.3, -0.25) is 20.4 Å². The summed E-state index contributed by atoms with van der Waals surface area (Å²) >= 11 is 0. The lowest BCUT2D eigenvalue weighted by Crippen LogP contribution is -2.47. The number of hydrogen-bond donors (Lipinski definition) is 3. The number of rotatable bonds is 7. The van der Waals surface area contributed by atoms with Crippen LogP contribution >= 0.6 is 0 Å². The summed E-state index contributed by atoms with van der Waals surface area (Å²) in [5.74, 6) is -0.508. The molecule has 0 aliphatic heterocycles. The average Bonchev–Trinajstić information content (AvgIpc) is 2.69. The van der Waals surface area contributed by atoms with Crippen molar-refractivity contribution in [1.29, 1.82) is 0 Å². The molecule has 0 unspecified atom stereocenters. The summed E-state index contributed by atoms with van der Waals surface area (Å²) in [5.41, 5.74) is 6.77. The molecule has 2 aromatic rings. The van der Waals surface area contributed by atoms with Gasteiger partial charge in [-0.25, -0.2) is 13.1 Å². The number of carbonyl (C=O) groups is 2. The van der Waals surface area contributed by atoms with Gasteiger partial charge in [0.2, 0.25) is 10.0 Å². The number of carbonyl (C=O) groups excluding carboxylic acids is 2. The molecular formula is C20H25N3O5S. The van der Waals surface area contributed by atoms with E-state index in [0.717, 1.165) is 11.1 Å². The minimum atomic E-state index is -3.59. The van der Waals surface area contributed by atoms with Crippen LogP contribution in [0.25, 0.3) is 0 Å². The molecule has 0 bridgehead atoms. The minimum Gasteiger partial charge on any atom is -0.481 e. The van der Waals surface area contributed by atoms with E-state index in [-0.39, 0.29) is 17.0 Å². The molecule has 1 atom stereocenters. The Morgan fingerprint density at radius 3 is 2.31 bits per heavy atom. The van der Waals surface area contributed by atoms with Gasteiger partial charge in [0.1, 0.15) is 5.75 Å². The minimum absolute atomic E-state index is 0.0514. The van der Waals surface area contributed by atoms with E-state index in [0.29, 0.717) is 5.75 Å². The van der Waals surface area contributed by atoms with Gasteiger partial charge >= 0.3 is 0 Å². The van der Waals surface area contributed by atoms with Crippen molar-refractivity contribution in [1.82, 2.24) is 15.6 Å². The number of nitrogens with one attached hydrogen (secondary N) is 3. The maximum absolute atomic E-state index is 12.2. The van der Waals surface area contributed by atoms with E-state index < -0.39 is 27.9 Å². The molecule has 0 aliphatic carbocycles. The molecule has 0 radical (unpaired) electrons. The molecule has 0 saturated carbocycles. The third-order valence-corrected chi connectivity index (χ3v) is 5.85. The van der Waals surface area contributed by atoms with Gasteiger partial charge in [0.25, 0.3) is 11.8 Å². The van der Waals surface area contributed by atoms with Crippen LogP contribution in [-0.4, -0.2) is 32.9 Å². The molecule has 0 aromatic heterocycles. The normalized spacial score (nSPS) is 12.1. The van der Waals surface area contributed by atoms with Gasteiger partial charge in [-0.2, -0.15) is 0 Å². The lowest BCUT2D eigenvalue weighted by Gasteiger charge is -2.17. The molecule has 0 spiro atoms. The topological polar surface area (TPSA) is 114 Å². The summed E-state index contributed by atoms with van der Waals surface area (Å²) in [6.07, 6.45) is -0.830. The Morgan fingerprint density at radius 2 is 1.69 bits per heavy atom. The van der Waals surface area contributed by atoms with E-state index in [1.54, 1.807) is 19.9 Å². The quantitative estimate of drug-likeness (QED) is 0.593. The Hall–Kier alpha value is -2.91. The number of sulfonamides is 1. The van der Waals surface area contributed by atoms with Crippen LogP contribution in [0.4, 0.5) is 0 Å². The van der Waals surface area contributed by atoms with E-state index in [1.807, 2.05) is 26.0 Å². The third kappa shape index (κ3) is 5.78. The number of amides is 2. The molecule has 9 heteroatoms. The molecule has 3 N–H and O–H groups in total. The SMILES string of the molecule is CCNS(=O)(=O)c1ccc(C(=O)NNC(=O)[C@H](C)Oc2cccc(C)c2C)cc1. The first-order valence-corrected chi connectivity index (χ1v) is 10.6. The van der Waals surface area contributed by atoms with Gasteiger partial charge in [0.05, 0.1) is 4.90 Å². The van der Waals surface area contributed by atoms with Gasteiger partial charge in [0, 0.05) is 12.1 Å². The monoisotopic (exact) mass is 419 g/mol. The highest BCUT2D eigenvalue weighted by atomic mass is 32.2. The maximum Gasteiger partial charge on any atom is 0.279 e. The van der Waals surface area contributed by atoms with Gasteiger partial charge in [0.15, 0.2) is 6.10 Å². The predicted octanol–water partition coefficient (Wildman–Crippen LogP) is 1.83. The Balaban J connectivity index is 1.94. The second-order valence-electron chi connectivity index (χ2n) is 6.43. The third-order valence-electron chi connectivity index (χ3n) is 4.29. The summed E-state index contributed by atoms with van der Waals surface area (Å²) in [6, 6.07) is 10.9. The van der Waals surface area contributed by atoms with Crippen molar-refractivity contribution in [2.45, 2.75) is 38.7 Å². The summed E-state index contributed by atoms with van der Waals surface area (Å²) in [4.78, 5) is 24.4. The number of hydrazine groups is 1.